The standard InChI is InChI=1S/C17H23N3O3/c1-4-10-20-11(3)14(16(21)23-5-2)15(19-17(20)22)12-6-8-13(18)9-7-12/h6-9,15H,4-5,10,18H2,1-3H3,(H,19,22)/t15-/m1/s1. The number of amides is 2. The highest BCUT2D eigenvalue weighted by molar-refractivity contribution is 5.95. The second-order valence-electron chi connectivity index (χ2n) is 5.42. The minimum absolute atomic E-state index is 0.209. The Balaban J connectivity index is 2.48. The van der Waals surface area contributed by atoms with Gasteiger partial charge in [0.25, 0.3) is 0 Å². The number of benzene rings is 1. The van der Waals surface area contributed by atoms with Crippen LogP contribution in [0.15, 0.2) is 35.5 Å². The first-order valence-corrected chi connectivity index (χ1v) is 7.80. The molecule has 0 aliphatic carbocycles. The van der Waals surface area contributed by atoms with E-state index < -0.39 is 12.0 Å². The zero-order chi connectivity index (χ0) is 17.0. The first-order valence-electron chi connectivity index (χ1n) is 7.80. The lowest BCUT2D eigenvalue weighted by molar-refractivity contribution is -0.139. The largest absolute Gasteiger partial charge is 0.463 e. The summed E-state index contributed by atoms with van der Waals surface area (Å²) in [6.45, 7) is 6.36. The number of nitrogens with one attached hydrogen (secondary N) is 1. The molecule has 1 aliphatic rings. The Morgan fingerprint density at radius 2 is 1.96 bits per heavy atom. The van der Waals surface area contributed by atoms with Crippen LogP contribution in [-0.2, 0) is 9.53 Å². The quantitative estimate of drug-likeness (QED) is 0.646. The maximum atomic E-state index is 12.4. The van der Waals surface area contributed by atoms with Gasteiger partial charge in [0.1, 0.15) is 0 Å². The van der Waals surface area contributed by atoms with Gasteiger partial charge in [-0.05, 0) is 38.0 Å². The van der Waals surface area contributed by atoms with Gasteiger partial charge in [-0.15, -0.1) is 0 Å². The van der Waals surface area contributed by atoms with Crippen LogP contribution in [0.4, 0.5) is 10.5 Å². The third kappa shape index (κ3) is 3.47. The molecule has 0 unspecified atom stereocenters. The molecule has 124 valence electrons. The number of ether oxygens (including phenoxy) is 1. The van der Waals surface area contributed by atoms with Gasteiger partial charge in [-0.3, -0.25) is 4.90 Å². The molecule has 0 saturated carbocycles. The summed E-state index contributed by atoms with van der Waals surface area (Å²) in [5.41, 5.74) is 8.24. The zero-order valence-electron chi connectivity index (χ0n) is 13.8. The Labute approximate surface area is 136 Å². The lowest BCUT2D eigenvalue weighted by Crippen LogP contribution is -2.48. The van der Waals surface area contributed by atoms with Crippen molar-refractivity contribution in [2.75, 3.05) is 18.9 Å². The number of urea groups is 1. The van der Waals surface area contributed by atoms with Crippen LogP contribution in [0.1, 0.15) is 38.8 Å². The van der Waals surface area contributed by atoms with Crippen molar-refractivity contribution in [2.24, 2.45) is 0 Å². The number of carbonyl (C=O) groups is 2. The summed E-state index contributed by atoms with van der Waals surface area (Å²) >= 11 is 0. The Morgan fingerprint density at radius 1 is 1.30 bits per heavy atom. The molecule has 1 heterocycles. The molecule has 0 saturated heterocycles. The molecule has 1 aromatic carbocycles. The second kappa shape index (κ2) is 7.17. The van der Waals surface area contributed by atoms with Crippen molar-refractivity contribution in [3.63, 3.8) is 0 Å². The first-order chi connectivity index (χ1) is 11.0. The summed E-state index contributed by atoms with van der Waals surface area (Å²) < 4.78 is 5.19. The Bertz CT molecular complexity index is 622. The van der Waals surface area contributed by atoms with Gasteiger partial charge in [0.05, 0.1) is 18.2 Å². The van der Waals surface area contributed by atoms with Crippen LogP contribution in [0.25, 0.3) is 0 Å². The minimum atomic E-state index is -0.532. The SMILES string of the molecule is CCCN1C(=O)N[C@H](c2ccc(N)cc2)C(C(=O)OCC)=C1C. The highest BCUT2D eigenvalue weighted by Crippen LogP contribution is 2.31. The van der Waals surface area contributed by atoms with Crippen molar-refractivity contribution in [3.05, 3.63) is 41.1 Å². The maximum Gasteiger partial charge on any atom is 0.338 e. The predicted molar refractivity (Wildman–Crippen MR) is 88.5 cm³/mol. The summed E-state index contributed by atoms with van der Waals surface area (Å²) in [6, 6.07) is 6.37. The highest BCUT2D eigenvalue weighted by Gasteiger charge is 2.35. The van der Waals surface area contributed by atoms with Gasteiger partial charge >= 0.3 is 12.0 Å². The van der Waals surface area contributed by atoms with Gasteiger partial charge in [0.15, 0.2) is 0 Å². The fraction of sp³-hybridized carbons (Fsp3) is 0.412. The van der Waals surface area contributed by atoms with Gasteiger partial charge in [-0.2, -0.15) is 0 Å². The molecular weight excluding hydrogens is 294 g/mol. The van der Waals surface area contributed by atoms with Gasteiger partial charge in [-0.1, -0.05) is 19.1 Å². The molecule has 1 aromatic rings. The van der Waals surface area contributed by atoms with Crippen LogP contribution in [0.3, 0.4) is 0 Å². The Hall–Kier alpha value is -2.50. The number of hydrogen-bond donors (Lipinski definition) is 2. The van der Waals surface area contributed by atoms with E-state index in [4.69, 9.17) is 10.5 Å². The average Bonchev–Trinajstić information content (AvgIpc) is 2.51. The van der Waals surface area contributed by atoms with Crippen LogP contribution in [0.5, 0.6) is 0 Å². The molecular formula is C17H23N3O3. The van der Waals surface area contributed by atoms with E-state index >= 15 is 0 Å². The summed E-state index contributed by atoms with van der Waals surface area (Å²) in [5.74, 6) is -0.409. The molecule has 0 spiro atoms. The number of anilines is 1. The van der Waals surface area contributed by atoms with Crippen LogP contribution in [0, 0.1) is 0 Å². The number of nitrogens with two attached hydrogens (primary N) is 1. The monoisotopic (exact) mass is 317 g/mol. The number of esters is 1. The molecule has 1 aliphatic heterocycles. The molecule has 0 fully saturated rings. The second-order valence-corrected chi connectivity index (χ2v) is 5.42. The van der Waals surface area contributed by atoms with Crippen molar-refractivity contribution in [3.8, 4) is 0 Å². The Morgan fingerprint density at radius 3 is 2.52 bits per heavy atom. The number of nitrogen functional groups attached to an aromatic ring is 1. The van der Waals surface area contributed by atoms with Gasteiger partial charge < -0.3 is 15.8 Å². The van der Waals surface area contributed by atoms with E-state index in [1.165, 1.54) is 0 Å². The molecule has 3 N–H and O–H groups in total. The fourth-order valence-electron chi connectivity index (χ4n) is 2.69. The number of nitrogens with zero attached hydrogens (tertiary/aromatic N) is 1. The summed E-state index contributed by atoms with van der Waals surface area (Å²) in [7, 11) is 0. The van der Waals surface area contributed by atoms with Crippen LogP contribution in [0.2, 0.25) is 0 Å². The van der Waals surface area contributed by atoms with Gasteiger partial charge in [0, 0.05) is 17.9 Å². The summed E-state index contributed by atoms with van der Waals surface area (Å²) in [5, 5.41) is 2.89. The smallest absolute Gasteiger partial charge is 0.338 e. The van der Waals surface area contributed by atoms with Crippen molar-refractivity contribution in [1.29, 1.82) is 0 Å². The van der Waals surface area contributed by atoms with Crippen molar-refractivity contribution >= 4 is 17.7 Å². The highest BCUT2D eigenvalue weighted by atomic mass is 16.5. The molecule has 2 amide bonds. The van der Waals surface area contributed by atoms with E-state index in [9.17, 15) is 9.59 Å². The lowest BCUT2D eigenvalue weighted by Gasteiger charge is -2.35. The van der Waals surface area contributed by atoms with E-state index in [0.717, 1.165) is 12.0 Å². The third-order valence-electron chi connectivity index (χ3n) is 3.81. The Kier molecular flexibility index (Phi) is 5.26. The zero-order valence-corrected chi connectivity index (χ0v) is 13.8. The number of carbonyl (C=O) groups excluding carboxylic acids is 2. The number of hydrogen-bond acceptors (Lipinski definition) is 4. The normalized spacial score (nSPS) is 18.0. The predicted octanol–water partition coefficient (Wildman–Crippen LogP) is 2.58. The lowest BCUT2D eigenvalue weighted by atomic mass is 9.94. The number of rotatable bonds is 5. The fourth-order valence-corrected chi connectivity index (χ4v) is 2.69. The van der Waals surface area contributed by atoms with E-state index in [1.807, 2.05) is 19.1 Å². The summed E-state index contributed by atoms with van der Waals surface area (Å²) in [4.78, 5) is 26.4. The van der Waals surface area contributed by atoms with Gasteiger partial charge in [-0.25, -0.2) is 9.59 Å². The van der Waals surface area contributed by atoms with E-state index in [1.54, 1.807) is 30.9 Å². The van der Waals surface area contributed by atoms with Crippen LogP contribution >= 0.6 is 0 Å². The average molecular weight is 317 g/mol. The van der Waals surface area contributed by atoms with E-state index in [0.29, 0.717) is 23.5 Å². The molecule has 2 rings (SSSR count). The van der Waals surface area contributed by atoms with Gasteiger partial charge in [0.2, 0.25) is 0 Å². The number of allylic oxidation sites excluding steroid dienone is 1. The molecule has 1 atom stereocenters. The van der Waals surface area contributed by atoms with Crippen LogP contribution in [-0.4, -0.2) is 30.1 Å². The van der Waals surface area contributed by atoms with Crippen molar-refractivity contribution in [2.45, 2.75) is 33.2 Å². The molecule has 0 aromatic heterocycles. The molecule has 6 nitrogen and oxygen atoms in total. The summed E-state index contributed by atoms with van der Waals surface area (Å²) in [6.07, 6.45) is 0.799. The molecule has 6 heteroatoms. The molecule has 23 heavy (non-hydrogen) atoms. The van der Waals surface area contributed by atoms with E-state index in [2.05, 4.69) is 5.32 Å². The minimum Gasteiger partial charge on any atom is -0.463 e. The molecule has 0 radical (unpaired) electrons. The van der Waals surface area contributed by atoms with E-state index in [-0.39, 0.29) is 12.6 Å². The maximum absolute atomic E-state index is 12.4. The first kappa shape index (κ1) is 16.9. The molecule has 0 bridgehead atoms. The van der Waals surface area contributed by atoms with Crippen molar-refractivity contribution in [1.82, 2.24) is 10.2 Å². The third-order valence-corrected chi connectivity index (χ3v) is 3.81. The topological polar surface area (TPSA) is 84.7 Å². The van der Waals surface area contributed by atoms with Crippen molar-refractivity contribution < 1.29 is 14.3 Å². The van der Waals surface area contributed by atoms with Crippen LogP contribution < -0.4 is 11.1 Å².